The van der Waals surface area contributed by atoms with E-state index in [1.165, 1.54) is 0 Å². The van der Waals surface area contributed by atoms with Gasteiger partial charge in [0.1, 0.15) is 0 Å². The van der Waals surface area contributed by atoms with Crippen LogP contribution in [0.5, 0.6) is 0 Å². The molecule has 0 saturated heterocycles. The molecule has 78 valence electrons. The molecule has 14 heavy (non-hydrogen) atoms. The maximum Gasteiger partial charge on any atom is 0.0605 e. The average Bonchev–Trinajstić information content (AvgIpc) is 2.20. The van der Waals surface area contributed by atoms with Crippen molar-refractivity contribution in [2.75, 3.05) is 0 Å². The summed E-state index contributed by atoms with van der Waals surface area (Å²) in [5, 5.41) is 10.5. The predicted molar refractivity (Wildman–Crippen MR) is 60.6 cm³/mol. The quantitative estimate of drug-likeness (QED) is 0.812. The van der Waals surface area contributed by atoms with Gasteiger partial charge in [0, 0.05) is 5.02 Å². The van der Waals surface area contributed by atoms with Gasteiger partial charge in [0.25, 0.3) is 0 Å². The van der Waals surface area contributed by atoms with Crippen molar-refractivity contribution in [2.24, 2.45) is 5.92 Å². The van der Waals surface area contributed by atoms with Crippen molar-refractivity contribution in [1.82, 2.24) is 0 Å². The molecule has 0 amide bonds. The topological polar surface area (TPSA) is 20.2 Å². The molecule has 0 spiro atoms. The van der Waals surface area contributed by atoms with E-state index in [1.54, 1.807) is 0 Å². The first kappa shape index (κ1) is 11.5. The van der Waals surface area contributed by atoms with Crippen LogP contribution < -0.4 is 0 Å². The molecule has 1 N–H and O–H groups in total. The number of halogens is 1. The molecular weight excluding hydrogens is 196 g/mol. The molecule has 0 aliphatic heterocycles. The molecule has 1 aromatic rings. The van der Waals surface area contributed by atoms with Crippen molar-refractivity contribution in [3.8, 4) is 0 Å². The fourth-order valence-electron chi connectivity index (χ4n) is 1.34. The first-order chi connectivity index (χ1) is 6.63. The van der Waals surface area contributed by atoms with Gasteiger partial charge in [-0.25, -0.2) is 0 Å². The summed E-state index contributed by atoms with van der Waals surface area (Å²) in [6, 6.07) is 7.66. The Labute approximate surface area is 90.7 Å². The molecule has 0 bridgehead atoms. The zero-order valence-corrected chi connectivity index (χ0v) is 9.46. The van der Waals surface area contributed by atoms with E-state index >= 15 is 0 Å². The highest BCUT2D eigenvalue weighted by Gasteiger charge is 2.12. The third-order valence-electron chi connectivity index (χ3n) is 2.66. The van der Waals surface area contributed by atoms with Gasteiger partial charge in [0.15, 0.2) is 0 Å². The van der Waals surface area contributed by atoms with Gasteiger partial charge in [0.05, 0.1) is 6.10 Å². The summed E-state index contributed by atoms with van der Waals surface area (Å²) in [5.74, 6) is 0.352. The lowest BCUT2D eigenvalue weighted by molar-refractivity contribution is 0.115. The summed E-state index contributed by atoms with van der Waals surface area (Å²) in [6.45, 7) is 4.16. The van der Waals surface area contributed by atoms with Crippen LogP contribution in [-0.2, 0) is 6.42 Å². The fourth-order valence-corrected chi connectivity index (χ4v) is 1.46. The van der Waals surface area contributed by atoms with Crippen molar-refractivity contribution in [1.29, 1.82) is 0 Å². The lowest BCUT2D eigenvalue weighted by Crippen LogP contribution is -2.19. The van der Waals surface area contributed by atoms with Crippen molar-refractivity contribution in [2.45, 2.75) is 32.8 Å². The average molecular weight is 213 g/mol. The van der Waals surface area contributed by atoms with Gasteiger partial charge < -0.3 is 5.11 Å². The smallest absolute Gasteiger partial charge is 0.0605 e. The van der Waals surface area contributed by atoms with Crippen molar-refractivity contribution >= 4 is 11.6 Å². The molecule has 2 heteroatoms. The number of hydrogen-bond acceptors (Lipinski definition) is 1. The van der Waals surface area contributed by atoms with E-state index in [0.29, 0.717) is 12.3 Å². The molecule has 0 aromatic heterocycles. The number of aliphatic hydroxyl groups is 1. The zero-order chi connectivity index (χ0) is 10.6. The summed E-state index contributed by atoms with van der Waals surface area (Å²) in [6.07, 6.45) is 1.47. The van der Waals surface area contributed by atoms with Crippen LogP contribution in [0.25, 0.3) is 0 Å². The highest BCUT2D eigenvalue weighted by Crippen LogP contribution is 2.15. The van der Waals surface area contributed by atoms with Crippen molar-refractivity contribution < 1.29 is 5.11 Å². The van der Waals surface area contributed by atoms with Gasteiger partial charge >= 0.3 is 0 Å². The Balaban J connectivity index is 2.56. The van der Waals surface area contributed by atoms with Crippen LogP contribution >= 0.6 is 11.6 Å². The van der Waals surface area contributed by atoms with Gasteiger partial charge in [-0.1, -0.05) is 44.0 Å². The molecule has 1 nitrogen and oxygen atoms in total. The zero-order valence-electron chi connectivity index (χ0n) is 8.70. The van der Waals surface area contributed by atoms with E-state index in [-0.39, 0.29) is 6.10 Å². The third-order valence-corrected chi connectivity index (χ3v) is 2.91. The van der Waals surface area contributed by atoms with E-state index in [9.17, 15) is 5.11 Å². The summed E-state index contributed by atoms with van der Waals surface area (Å²) in [4.78, 5) is 0. The normalized spacial score (nSPS) is 15.1. The second-order valence-corrected chi connectivity index (χ2v) is 4.22. The van der Waals surface area contributed by atoms with Gasteiger partial charge in [-0.15, -0.1) is 0 Å². The van der Waals surface area contributed by atoms with Crippen LogP contribution in [-0.4, -0.2) is 11.2 Å². The highest BCUT2D eigenvalue weighted by molar-refractivity contribution is 6.30. The Bertz CT molecular complexity index is 268. The van der Waals surface area contributed by atoms with Gasteiger partial charge in [-0.05, 0) is 30.0 Å². The van der Waals surface area contributed by atoms with Gasteiger partial charge in [-0.2, -0.15) is 0 Å². The largest absolute Gasteiger partial charge is 0.393 e. The summed E-state index contributed by atoms with van der Waals surface area (Å²) < 4.78 is 0. The summed E-state index contributed by atoms with van der Waals surface area (Å²) in [5.41, 5.74) is 1.14. The molecule has 2 atom stereocenters. The van der Waals surface area contributed by atoms with E-state index in [4.69, 9.17) is 11.6 Å². The summed E-state index contributed by atoms with van der Waals surface area (Å²) >= 11 is 5.78. The Hall–Kier alpha value is -0.530. The molecule has 0 aliphatic carbocycles. The lowest BCUT2D eigenvalue weighted by Gasteiger charge is -2.16. The number of rotatable bonds is 4. The number of hydrogen-bond donors (Lipinski definition) is 1. The van der Waals surface area contributed by atoms with Crippen LogP contribution in [0.15, 0.2) is 24.3 Å². The Kier molecular flexibility index (Phi) is 4.43. The number of benzene rings is 1. The molecule has 2 unspecified atom stereocenters. The Morgan fingerprint density at radius 3 is 2.36 bits per heavy atom. The van der Waals surface area contributed by atoms with Crippen LogP contribution in [0.2, 0.25) is 5.02 Å². The Morgan fingerprint density at radius 2 is 1.86 bits per heavy atom. The molecule has 0 radical (unpaired) electrons. The van der Waals surface area contributed by atoms with E-state index in [0.717, 1.165) is 17.0 Å². The summed E-state index contributed by atoms with van der Waals surface area (Å²) in [7, 11) is 0. The maximum absolute atomic E-state index is 9.81. The van der Waals surface area contributed by atoms with E-state index in [2.05, 4.69) is 13.8 Å². The predicted octanol–water partition coefficient (Wildman–Crippen LogP) is 3.29. The van der Waals surface area contributed by atoms with Crippen LogP contribution in [0.4, 0.5) is 0 Å². The standard InChI is InChI=1S/C12H17ClO/c1-3-9(2)12(14)8-10-4-6-11(13)7-5-10/h4-7,9,12,14H,3,8H2,1-2H3. The molecule has 0 aliphatic rings. The SMILES string of the molecule is CCC(C)C(O)Cc1ccc(Cl)cc1. The second kappa shape index (κ2) is 5.38. The molecule has 0 heterocycles. The minimum absolute atomic E-state index is 0.249. The van der Waals surface area contributed by atoms with Crippen molar-refractivity contribution in [3.05, 3.63) is 34.9 Å². The molecule has 1 aromatic carbocycles. The fraction of sp³-hybridized carbons (Fsp3) is 0.500. The number of aliphatic hydroxyl groups excluding tert-OH is 1. The first-order valence-corrected chi connectivity index (χ1v) is 5.43. The minimum atomic E-state index is -0.249. The highest BCUT2D eigenvalue weighted by atomic mass is 35.5. The van der Waals surface area contributed by atoms with Crippen LogP contribution in [0, 0.1) is 5.92 Å². The van der Waals surface area contributed by atoms with Crippen LogP contribution in [0.3, 0.4) is 0 Å². The second-order valence-electron chi connectivity index (χ2n) is 3.78. The lowest BCUT2D eigenvalue weighted by atomic mass is 9.96. The van der Waals surface area contributed by atoms with Gasteiger partial charge in [0.2, 0.25) is 0 Å². The first-order valence-electron chi connectivity index (χ1n) is 5.06. The molecule has 0 saturated carbocycles. The van der Waals surface area contributed by atoms with E-state index in [1.807, 2.05) is 24.3 Å². The molecule has 1 rings (SSSR count). The Morgan fingerprint density at radius 1 is 1.29 bits per heavy atom. The maximum atomic E-state index is 9.81. The molecule has 0 fully saturated rings. The van der Waals surface area contributed by atoms with Gasteiger partial charge in [-0.3, -0.25) is 0 Å². The van der Waals surface area contributed by atoms with Crippen molar-refractivity contribution in [3.63, 3.8) is 0 Å². The monoisotopic (exact) mass is 212 g/mol. The van der Waals surface area contributed by atoms with Crippen LogP contribution in [0.1, 0.15) is 25.8 Å². The van der Waals surface area contributed by atoms with E-state index < -0.39 is 0 Å². The third kappa shape index (κ3) is 3.32. The molecular formula is C12H17ClO. The minimum Gasteiger partial charge on any atom is -0.393 e.